The van der Waals surface area contributed by atoms with Gasteiger partial charge in [-0.15, -0.1) is 0 Å². The summed E-state index contributed by atoms with van der Waals surface area (Å²) in [7, 11) is 0. The fraction of sp³-hybridized carbons (Fsp3) is 0.656. The molecule has 4 nitrogen and oxygen atoms in total. The van der Waals surface area contributed by atoms with Crippen LogP contribution in [0.5, 0.6) is 5.75 Å². The van der Waals surface area contributed by atoms with Crippen LogP contribution in [0.3, 0.4) is 0 Å². The minimum atomic E-state index is -0.198. The van der Waals surface area contributed by atoms with E-state index >= 15 is 0 Å². The van der Waals surface area contributed by atoms with E-state index in [0.29, 0.717) is 18.0 Å². The molecular formula is C32H50N2O2. The van der Waals surface area contributed by atoms with Crippen molar-refractivity contribution in [3.05, 3.63) is 42.2 Å². The number of hydrogen-bond donors (Lipinski definition) is 0. The highest BCUT2D eigenvalue weighted by molar-refractivity contribution is 5.72. The van der Waals surface area contributed by atoms with Crippen LogP contribution < -0.4 is 4.74 Å². The summed E-state index contributed by atoms with van der Waals surface area (Å²) in [5, 5.41) is 0. The first-order valence-corrected chi connectivity index (χ1v) is 14.8. The molecule has 0 aliphatic rings. The predicted molar refractivity (Wildman–Crippen MR) is 151 cm³/mol. The van der Waals surface area contributed by atoms with Crippen LogP contribution >= 0.6 is 0 Å². The van der Waals surface area contributed by atoms with Crippen molar-refractivity contribution in [3.63, 3.8) is 0 Å². The molecule has 0 fully saturated rings. The van der Waals surface area contributed by atoms with Crippen molar-refractivity contribution in [2.45, 2.75) is 136 Å². The SMILES string of the molecule is CCCCCCCCCCCCc1ccc(-c2ncc(OC(=O)CCCCCCCCC)cn2)cc1. The molecule has 1 aromatic heterocycles. The number of unbranched alkanes of at least 4 members (excludes halogenated alkanes) is 15. The second-order valence-electron chi connectivity index (χ2n) is 10.2. The van der Waals surface area contributed by atoms with Gasteiger partial charge in [0.1, 0.15) is 0 Å². The molecule has 0 saturated heterocycles. The van der Waals surface area contributed by atoms with Crippen molar-refractivity contribution in [1.82, 2.24) is 9.97 Å². The highest BCUT2D eigenvalue weighted by Crippen LogP contribution is 2.19. The Morgan fingerprint density at radius 1 is 0.639 bits per heavy atom. The van der Waals surface area contributed by atoms with Crippen molar-refractivity contribution >= 4 is 5.97 Å². The average Bonchev–Trinajstić information content (AvgIpc) is 2.90. The zero-order valence-corrected chi connectivity index (χ0v) is 23.1. The third-order valence-electron chi connectivity index (χ3n) is 6.88. The summed E-state index contributed by atoms with van der Waals surface area (Å²) in [6.07, 6.45) is 26.8. The molecule has 2 rings (SSSR count). The van der Waals surface area contributed by atoms with E-state index in [1.165, 1.54) is 102 Å². The molecule has 0 unspecified atom stereocenters. The number of rotatable bonds is 21. The Hall–Kier alpha value is -2.23. The van der Waals surface area contributed by atoms with Crippen LogP contribution in [0.2, 0.25) is 0 Å². The Morgan fingerprint density at radius 2 is 1.11 bits per heavy atom. The molecule has 1 aromatic carbocycles. The lowest BCUT2D eigenvalue weighted by molar-refractivity contribution is -0.134. The van der Waals surface area contributed by atoms with Crippen molar-refractivity contribution < 1.29 is 9.53 Å². The molecule has 2 aromatic rings. The van der Waals surface area contributed by atoms with Crippen LogP contribution in [0.1, 0.15) is 135 Å². The maximum absolute atomic E-state index is 12.1. The van der Waals surface area contributed by atoms with E-state index in [9.17, 15) is 4.79 Å². The number of aryl methyl sites for hydroxylation is 1. The Balaban J connectivity index is 1.60. The van der Waals surface area contributed by atoms with Crippen molar-refractivity contribution in [1.29, 1.82) is 0 Å². The largest absolute Gasteiger partial charge is 0.423 e. The number of carbonyl (C=O) groups is 1. The second kappa shape index (κ2) is 19.9. The lowest BCUT2D eigenvalue weighted by Crippen LogP contribution is -2.08. The molecule has 0 N–H and O–H groups in total. The van der Waals surface area contributed by atoms with E-state index < -0.39 is 0 Å². The Labute approximate surface area is 220 Å². The van der Waals surface area contributed by atoms with Crippen LogP contribution in [-0.4, -0.2) is 15.9 Å². The summed E-state index contributed by atoms with van der Waals surface area (Å²) >= 11 is 0. The molecular weight excluding hydrogens is 444 g/mol. The zero-order valence-electron chi connectivity index (χ0n) is 23.1. The second-order valence-corrected chi connectivity index (χ2v) is 10.2. The van der Waals surface area contributed by atoms with Crippen molar-refractivity contribution in [2.24, 2.45) is 0 Å². The number of hydrogen-bond acceptors (Lipinski definition) is 4. The maximum Gasteiger partial charge on any atom is 0.311 e. The normalized spacial score (nSPS) is 11.1. The van der Waals surface area contributed by atoms with Gasteiger partial charge in [-0.1, -0.05) is 134 Å². The number of ether oxygens (including phenoxy) is 1. The topological polar surface area (TPSA) is 52.1 Å². The van der Waals surface area contributed by atoms with Gasteiger partial charge < -0.3 is 4.74 Å². The monoisotopic (exact) mass is 494 g/mol. The van der Waals surface area contributed by atoms with Gasteiger partial charge in [0.15, 0.2) is 11.6 Å². The van der Waals surface area contributed by atoms with Crippen molar-refractivity contribution in [2.75, 3.05) is 0 Å². The van der Waals surface area contributed by atoms with E-state index in [-0.39, 0.29) is 5.97 Å². The summed E-state index contributed by atoms with van der Waals surface area (Å²) in [4.78, 5) is 20.9. The highest BCUT2D eigenvalue weighted by Gasteiger charge is 2.07. The molecule has 0 aliphatic heterocycles. The number of esters is 1. The van der Waals surface area contributed by atoms with Crippen LogP contribution in [0.15, 0.2) is 36.7 Å². The zero-order chi connectivity index (χ0) is 25.7. The van der Waals surface area contributed by atoms with E-state index in [4.69, 9.17) is 4.74 Å². The average molecular weight is 495 g/mol. The van der Waals surface area contributed by atoms with Gasteiger partial charge in [-0.3, -0.25) is 4.79 Å². The minimum absolute atomic E-state index is 0.198. The fourth-order valence-electron chi connectivity index (χ4n) is 4.56. The summed E-state index contributed by atoms with van der Waals surface area (Å²) < 4.78 is 5.41. The van der Waals surface area contributed by atoms with Crippen LogP contribution in [0, 0.1) is 0 Å². The smallest absolute Gasteiger partial charge is 0.311 e. The Morgan fingerprint density at radius 3 is 1.64 bits per heavy atom. The first-order chi connectivity index (χ1) is 17.7. The van der Waals surface area contributed by atoms with Crippen LogP contribution in [0.25, 0.3) is 11.4 Å². The third-order valence-corrected chi connectivity index (χ3v) is 6.88. The number of carbonyl (C=O) groups excluding carboxylic acids is 1. The van der Waals surface area contributed by atoms with E-state index in [1.54, 1.807) is 12.4 Å². The van der Waals surface area contributed by atoms with E-state index in [2.05, 4.69) is 48.1 Å². The van der Waals surface area contributed by atoms with E-state index in [0.717, 1.165) is 24.8 Å². The van der Waals surface area contributed by atoms with Gasteiger partial charge in [0.05, 0.1) is 12.4 Å². The highest BCUT2D eigenvalue weighted by atomic mass is 16.5. The summed E-state index contributed by atoms with van der Waals surface area (Å²) in [5.41, 5.74) is 2.36. The number of aromatic nitrogens is 2. The van der Waals surface area contributed by atoms with Gasteiger partial charge in [-0.2, -0.15) is 0 Å². The van der Waals surface area contributed by atoms with Gasteiger partial charge in [-0.05, 0) is 24.8 Å². The Bertz CT molecular complexity index is 802. The predicted octanol–water partition coefficient (Wildman–Crippen LogP) is 9.65. The standard InChI is InChI=1S/C32H50N2O2/c1-3-5-7-9-11-12-13-15-16-18-20-28-22-24-29(25-23-28)32-33-26-30(27-34-32)36-31(35)21-19-17-14-10-8-6-4-2/h22-27H,3-21H2,1-2H3. The molecule has 0 radical (unpaired) electrons. The molecule has 0 atom stereocenters. The molecule has 1 heterocycles. The molecule has 0 amide bonds. The van der Waals surface area contributed by atoms with E-state index in [1.807, 2.05) is 0 Å². The molecule has 200 valence electrons. The first-order valence-electron chi connectivity index (χ1n) is 14.8. The van der Waals surface area contributed by atoms with Crippen LogP contribution in [-0.2, 0) is 11.2 Å². The third kappa shape index (κ3) is 13.8. The fourth-order valence-corrected chi connectivity index (χ4v) is 4.56. The first kappa shape index (κ1) is 30.0. The molecule has 36 heavy (non-hydrogen) atoms. The minimum Gasteiger partial charge on any atom is -0.423 e. The molecule has 0 bridgehead atoms. The lowest BCUT2D eigenvalue weighted by Gasteiger charge is -2.06. The lowest BCUT2D eigenvalue weighted by atomic mass is 10.0. The molecule has 4 heteroatoms. The summed E-state index contributed by atoms with van der Waals surface area (Å²) in [6.45, 7) is 4.50. The van der Waals surface area contributed by atoms with Crippen LogP contribution in [0.4, 0.5) is 0 Å². The van der Waals surface area contributed by atoms with Gasteiger partial charge in [-0.25, -0.2) is 9.97 Å². The van der Waals surface area contributed by atoms with Gasteiger partial charge in [0.2, 0.25) is 0 Å². The Kier molecular flexibility index (Phi) is 16.6. The van der Waals surface area contributed by atoms with Crippen molar-refractivity contribution in [3.8, 4) is 17.1 Å². The molecule has 0 spiro atoms. The van der Waals surface area contributed by atoms with Gasteiger partial charge in [0, 0.05) is 12.0 Å². The maximum atomic E-state index is 12.1. The summed E-state index contributed by atoms with van der Waals surface area (Å²) in [5.74, 6) is 0.882. The molecule has 0 aliphatic carbocycles. The number of benzene rings is 1. The van der Waals surface area contributed by atoms with Gasteiger partial charge in [0.25, 0.3) is 0 Å². The number of nitrogens with zero attached hydrogens (tertiary/aromatic N) is 2. The summed E-state index contributed by atoms with van der Waals surface area (Å²) in [6, 6.07) is 8.55. The quantitative estimate of drug-likeness (QED) is 0.128. The molecule has 0 saturated carbocycles. The van der Waals surface area contributed by atoms with Gasteiger partial charge >= 0.3 is 5.97 Å².